The summed E-state index contributed by atoms with van der Waals surface area (Å²) in [5.41, 5.74) is 0.443. The van der Waals surface area contributed by atoms with Crippen LogP contribution >= 0.6 is 0 Å². The second kappa shape index (κ2) is 10.8. The van der Waals surface area contributed by atoms with Gasteiger partial charge in [0.25, 0.3) is 0 Å². The van der Waals surface area contributed by atoms with Gasteiger partial charge in [0.1, 0.15) is 34.8 Å². The average Bonchev–Trinajstić information content (AvgIpc) is 3.26. The Bertz CT molecular complexity index is 1430. The molecule has 1 amide bonds. The molecule has 0 spiro atoms. The van der Waals surface area contributed by atoms with E-state index in [0.717, 1.165) is 10.1 Å². The summed E-state index contributed by atoms with van der Waals surface area (Å²) >= 11 is 0. The molecule has 10 heteroatoms. The molecule has 0 unspecified atom stereocenters. The molecule has 0 saturated carbocycles. The number of anilines is 1. The second-order valence-electron chi connectivity index (χ2n) is 11.7. The standard InChI is InChI=1S/C30H36N2O8/c1-29(2,3)39-27(35)31-16-19(33)13-20-21-14-23(26(34)37-7)32(28(36)40-30(4,5)6)25(21)24(15-22(20)31)38-17-18-11-9-8-10-12-18/h8-12,14-15,19,33H,13,16-17H2,1-7H3/t19-/m0/s1. The molecule has 214 valence electrons. The van der Waals surface area contributed by atoms with Crippen molar-refractivity contribution in [3.63, 3.8) is 0 Å². The van der Waals surface area contributed by atoms with E-state index in [9.17, 15) is 19.5 Å². The van der Waals surface area contributed by atoms with Gasteiger partial charge in [-0.1, -0.05) is 30.3 Å². The molecule has 3 aromatic rings. The third-order valence-electron chi connectivity index (χ3n) is 6.08. The largest absolute Gasteiger partial charge is 0.487 e. The number of carbonyl (C=O) groups is 3. The fourth-order valence-corrected chi connectivity index (χ4v) is 4.55. The molecule has 10 nitrogen and oxygen atoms in total. The number of nitrogens with zero attached hydrogens (tertiary/aromatic N) is 2. The maximum atomic E-state index is 13.5. The zero-order valence-corrected chi connectivity index (χ0v) is 23.9. The first kappa shape index (κ1) is 28.9. The SMILES string of the molecule is COC(=O)c1cc2c3c(cc(OCc4ccccc4)c2n1C(=O)OC(C)(C)C)N(C(=O)OC(C)(C)C)C[C@@H](O)C3. The fourth-order valence-electron chi connectivity index (χ4n) is 4.55. The van der Waals surface area contributed by atoms with E-state index in [1.54, 1.807) is 47.6 Å². The number of amides is 1. The van der Waals surface area contributed by atoms with Crippen LogP contribution in [-0.2, 0) is 27.2 Å². The van der Waals surface area contributed by atoms with Gasteiger partial charge in [-0.05, 0) is 58.7 Å². The van der Waals surface area contributed by atoms with Gasteiger partial charge in [-0.3, -0.25) is 4.90 Å². The van der Waals surface area contributed by atoms with Crippen LogP contribution in [0.3, 0.4) is 0 Å². The molecule has 0 radical (unpaired) electrons. The number of aromatic nitrogens is 1. The predicted molar refractivity (Wildman–Crippen MR) is 149 cm³/mol. The lowest BCUT2D eigenvalue weighted by Gasteiger charge is -2.34. The van der Waals surface area contributed by atoms with Crippen molar-refractivity contribution < 1.29 is 38.4 Å². The van der Waals surface area contributed by atoms with Crippen LogP contribution in [0.2, 0.25) is 0 Å². The summed E-state index contributed by atoms with van der Waals surface area (Å²) in [5, 5.41) is 11.2. The van der Waals surface area contributed by atoms with Gasteiger partial charge in [0.05, 0.1) is 25.4 Å². The van der Waals surface area contributed by atoms with E-state index in [-0.39, 0.29) is 36.5 Å². The molecule has 1 N–H and O–H groups in total. The van der Waals surface area contributed by atoms with Crippen LogP contribution in [0.4, 0.5) is 15.3 Å². The zero-order valence-electron chi connectivity index (χ0n) is 23.9. The van der Waals surface area contributed by atoms with Crippen LogP contribution in [0.5, 0.6) is 5.75 Å². The lowest BCUT2D eigenvalue weighted by molar-refractivity contribution is 0.0489. The molecule has 40 heavy (non-hydrogen) atoms. The van der Waals surface area contributed by atoms with Crippen molar-refractivity contribution in [2.24, 2.45) is 0 Å². The highest BCUT2D eigenvalue weighted by Gasteiger charge is 2.36. The number of methoxy groups -OCH3 is 1. The molecule has 1 aliphatic heterocycles. The molecule has 0 bridgehead atoms. The molecule has 1 aliphatic rings. The van der Waals surface area contributed by atoms with Gasteiger partial charge in [-0.25, -0.2) is 19.0 Å². The lowest BCUT2D eigenvalue weighted by Crippen LogP contribution is -2.45. The Morgan fingerprint density at radius 3 is 2.17 bits per heavy atom. The summed E-state index contributed by atoms with van der Waals surface area (Å²) < 4.78 is 23.6. The number of carbonyl (C=O) groups excluding carboxylic acids is 3. The summed E-state index contributed by atoms with van der Waals surface area (Å²) in [6.07, 6.45) is -2.18. The maximum Gasteiger partial charge on any atom is 0.419 e. The number of aliphatic hydroxyl groups excluding tert-OH is 1. The fraction of sp³-hybridized carbons (Fsp3) is 0.433. The van der Waals surface area contributed by atoms with Gasteiger partial charge < -0.3 is 24.1 Å². The summed E-state index contributed by atoms with van der Waals surface area (Å²) in [5.74, 6) is -0.520. The Hall–Kier alpha value is -4.05. The molecule has 0 aliphatic carbocycles. The molecule has 0 saturated heterocycles. The van der Waals surface area contributed by atoms with Crippen LogP contribution in [-0.4, -0.2) is 58.8 Å². The maximum absolute atomic E-state index is 13.5. The Morgan fingerprint density at radius 1 is 0.950 bits per heavy atom. The monoisotopic (exact) mass is 552 g/mol. The smallest absolute Gasteiger partial charge is 0.419 e. The summed E-state index contributed by atoms with van der Waals surface area (Å²) in [7, 11) is 1.22. The minimum atomic E-state index is -0.911. The molecule has 1 aromatic heterocycles. The van der Waals surface area contributed by atoms with Crippen molar-refractivity contribution >= 4 is 34.7 Å². The summed E-state index contributed by atoms with van der Waals surface area (Å²) in [6, 6.07) is 12.6. The number of aliphatic hydroxyl groups is 1. The molecule has 2 heterocycles. The number of β-amino-alcohol motifs (C(OH)–C–C–N with tert-alkyl or cyclic N) is 1. The van der Waals surface area contributed by atoms with Gasteiger partial charge in [0.15, 0.2) is 0 Å². The van der Waals surface area contributed by atoms with Crippen LogP contribution in [0.15, 0.2) is 42.5 Å². The Balaban J connectivity index is 1.98. The number of hydrogen-bond donors (Lipinski definition) is 1. The molecule has 1 atom stereocenters. The van der Waals surface area contributed by atoms with Crippen molar-refractivity contribution in [1.82, 2.24) is 4.57 Å². The Kier molecular flexibility index (Phi) is 7.85. The molecule has 0 fully saturated rings. The van der Waals surface area contributed by atoms with E-state index in [1.165, 1.54) is 18.1 Å². The van der Waals surface area contributed by atoms with Crippen LogP contribution in [0.1, 0.15) is 63.2 Å². The highest BCUT2D eigenvalue weighted by molar-refractivity contribution is 6.07. The van der Waals surface area contributed by atoms with Crippen molar-refractivity contribution in [1.29, 1.82) is 0 Å². The van der Waals surface area contributed by atoms with E-state index in [4.69, 9.17) is 18.9 Å². The summed E-state index contributed by atoms with van der Waals surface area (Å²) in [6.45, 7) is 10.6. The van der Waals surface area contributed by atoms with Crippen LogP contribution in [0, 0.1) is 0 Å². The van der Waals surface area contributed by atoms with Gasteiger partial charge in [-0.15, -0.1) is 0 Å². The van der Waals surface area contributed by atoms with Gasteiger partial charge in [-0.2, -0.15) is 0 Å². The number of hydrogen-bond acceptors (Lipinski definition) is 8. The highest BCUT2D eigenvalue weighted by Crippen LogP contribution is 2.42. The molecule has 2 aromatic carbocycles. The van der Waals surface area contributed by atoms with Crippen LogP contribution in [0.25, 0.3) is 10.9 Å². The summed E-state index contributed by atoms with van der Waals surface area (Å²) in [4.78, 5) is 41.0. The Morgan fingerprint density at radius 2 is 1.57 bits per heavy atom. The average molecular weight is 553 g/mol. The first-order chi connectivity index (χ1) is 18.7. The van der Waals surface area contributed by atoms with E-state index < -0.39 is 35.5 Å². The van der Waals surface area contributed by atoms with Crippen molar-refractivity contribution in [2.75, 3.05) is 18.6 Å². The number of ether oxygens (including phenoxy) is 4. The number of rotatable bonds is 4. The van der Waals surface area contributed by atoms with Crippen LogP contribution < -0.4 is 9.64 Å². The lowest BCUT2D eigenvalue weighted by atomic mass is 9.96. The van der Waals surface area contributed by atoms with Gasteiger partial charge >= 0.3 is 18.2 Å². The van der Waals surface area contributed by atoms with Crippen molar-refractivity contribution in [2.45, 2.75) is 71.9 Å². The third kappa shape index (κ3) is 6.22. The minimum absolute atomic E-state index is 0.00216. The molecular formula is C30H36N2O8. The molecule has 4 rings (SSSR count). The Labute approximate surface area is 233 Å². The predicted octanol–water partition coefficient (Wildman–Crippen LogP) is 5.45. The first-order valence-corrected chi connectivity index (χ1v) is 13.1. The topological polar surface area (TPSA) is 117 Å². The van der Waals surface area contributed by atoms with Crippen molar-refractivity contribution in [3.8, 4) is 5.75 Å². The quantitative estimate of drug-likeness (QED) is 0.336. The van der Waals surface area contributed by atoms with E-state index in [1.807, 2.05) is 30.3 Å². The number of esters is 1. The zero-order chi connectivity index (χ0) is 29.4. The minimum Gasteiger partial charge on any atom is -0.487 e. The second-order valence-corrected chi connectivity index (χ2v) is 11.7. The third-order valence-corrected chi connectivity index (χ3v) is 6.08. The first-order valence-electron chi connectivity index (χ1n) is 13.1. The normalized spacial score (nSPS) is 15.4. The van der Waals surface area contributed by atoms with E-state index in [2.05, 4.69) is 0 Å². The van der Waals surface area contributed by atoms with Gasteiger partial charge in [0.2, 0.25) is 0 Å². The van der Waals surface area contributed by atoms with Gasteiger partial charge in [0, 0.05) is 17.9 Å². The number of benzene rings is 2. The molecular weight excluding hydrogens is 516 g/mol. The van der Waals surface area contributed by atoms with E-state index in [0.29, 0.717) is 16.6 Å². The highest BCUT2D eigenvalue weighted by atomic mass is 16.6. The van der Waals surface area contributed by atoms with E-state index >= 15 is 0 Å². The number of fused-ring (bicyclic) bond motifs is 3. The van der Waals surface area contributed by atoms with Crippen molar-refractivity contribution in [3.05, 3.63) is 59.3 Å².